The third-order valence-electron chi connectivity index (χ3n) is 4.44. The van der Waals surface area contributed by atoms with E-state index in [0.29, 0.717) is 18.0 Å². The summed E-state index contributed by atoms with van der Waals surface area (Å²) in [7, 11) is -3.80. The predicted octanol–water partition coefficient (Wildman–Crippen LogP) is 5.04. The van der Waals surface area contributed by atoms with Crippen molar-refractivity contribution < 1.29 is 12.8 Å². The molecule has 0 aliphatic heterocycles. The molecule has 0 saturated carbocycles. The number of hydrogen-bond acceptors (Lipinski definition) is 4. The smallest absolute Gasteiger partial charge is 0.264 e. The van der Waals surface area contributed by atoms with E-state index in [4.69, 9.17) is 4.42 Å². The van der Waals surface area contributed by atoms with Crippen LogP contribution in [-0.2, 0) is 16.4 Å². The van der Waals surface area contributed by atoms with Crippen molar-refractivity contribution in [1.29, 1.82) is 0 Å². The van der Waals surface area contributed by atoms with E-state index in [9.17, 15) is 8.42 Å². The molecule has 3 aromatic carbocycles. The fourth-order valence-corrected chi connectivity index (χ4v) is 4.06. The zero-order chi connectivity index (χ0) is 20.3. The van der Waals surface area contributed by atoms with Crippen LogP contribution in [0.1, 0.15) is 17.0 Å². The van der Waals surface area contributed by atoms with Crippen LogP contribution in [0.15, 0.2) is 94.2 Å². The number of nitrogens with zero attached hydrogens (tertiary/aromatic N) is 1. The van der Waals surface area contributed by atoms with E-state index in [2.05, 4.69) is 9.71 Å². The van der Waals surface area contributed by atoms with Gasteiger partial charge in [0.15, 0.2) is 0 Å². The average Bonchev–Trinajstić information content (AvgIpc) is 3.11. The third kappa shape index (κ3) is 4.38. The van der Waals surface area contributed by atoms with Crippen molar-refractivity contribution in [2.45, 2.75) is 18.2 Å². The van der Waals surface area contributed by atoms with Crippen molar-refractivity contribution in [3.8, 4) is 11.3 Å². The molecule has 0 radical (unpaired) electrons. The fourth-order valence-electron chi connectivity index (χ4n) is 3.05. The molecule has 6 heteroatoms. The maximum absolute atomic E-state index is 12.8. The molecule has 0 amide bonds. The zero-order valence-electron chi connectivity index (χ0n) is 15.9. The molecule has 0 saturated heterocycles. The van der Waals surface area contributed by atoms with Gasteiger partial charge in [0, 0.05) is 12.0 Å². The second-order valence-corrected chi connectivity index (χ2v) is 8.42. The van der Waals surface area contributed by atoms with Gasteiger partial charge in [-0.2, -0.15) is 0 Å². The normalized spacial score (nSPS) is 11.3. The molecule has 0 aliphatic rings. The number of rotatable bonds is 6. The van der Waals surface area contributed by atoms with Crippen LogP contribution in [0, 0.1) is 6.92 Å². The van der Waals surface area contributed by atoms with Crippen LogP contribution in [0.25, 0.3) is 11.3 Å². The molecular formula is C23H20N2O3S. The second kappa shape index (κ2) is 7.93. The number of benzene rings is 3. The van der Waals surface area contributed by atoms with Crippen molar-refractivity contribution >= 4 is 15.9 Å². The van der Waals surface area contributed by atoms with E-state index in [0.717, 1.165) is 16.7 Å². The lowest BCUT2D eigenvalue weighted by molar-refractivity contribution is 0.521. The first-order valence-electron chi connectivity index (χ1n) is 9.20. The molecule has 4 rings (SSSR count). The van der Waals surface area contributed by atoms with E-state index in [1.54, 1.807) is 18.2 Å². The summed E-state index contributed by atoms with van der Waals surface area (Å²) in [5, 5.41) is 0. The number of aromatic nitrogens is 1. The Kier molecular flexibility index (Phi) is 5.18. The molecule has 5 nitrogen and oxygen atoms in total. The largest absolute Gasteiger partial charge is 0.423 e. The van der Waals surface area contributed by atoms with Crippen LogP contribution in [0.2, 0.25) is 0 Å². The summed E-state index contributed by atoms with van der Waals surface area (Å²) in [5.74, 6) is 0.559. The first kappa shape index (κ1) is 19.0. The van der Waals surface area contributed by atoms with E-state index in [1.807, 2.05) is 61.5 Å². The molecule has 4 aromatic rings. The minimum Gasteiger partial charge on any atom is -0.423 e. The molecule has 146 valence electrons. The van der Waals surface area contributed by atoms with Gasteiger partial charge in [0.1, 0.15) is 5.69 Å². The molecule has 29 heavy (non-hydrogen) atoms. The topological polar surface area (TPSA) is 72.2 Å². The minimum absolute atomic E-state index is 0.116. The SMILES string of the molecule is Cc1cccc(-c2nc(Cc3ccccc3)oc2NS(=O)(=O)c2ccccc2)c1. The van der Waals surface area contributed by atoms with Crippen LogP contribution in [-0.4, -0.2) is 13.4 Å². The third-order valence-corrected chi connectivity index (χ3v) is 5.79. The summed E-state index contributed by atoms with van der Waals surface area (Å²) in [6, 6.07) is 25.7. The summed E-state index contributed by atoms with van der Waals surface area (Å²) in [6.07, 6.45) is 0.465. The minimum atomic E-state index is -3.80. The van der Waals surface area contributed by atoms with Crippen LogP contribution in [0.5, 0.6) is 0 Å². The average molecular weight is 404 g/mol. The highest BCUT2D eigenvalue weighted by molar-refractivity contribution is 7.92. The number of hydrogen-bond donors (Lipinski definition) is 1. The lowest BCUT2D eigenvalue weighted by atomic mass is 10.1. The summed E-state index contributed by atoms with van der Waals surface area (Å²) in [6.45, 7) is 1.97. The Morgan fingerprint density at radius 2 is 1.59 bits per heavy atom. The van der Waals surface area contributed by atoms with Crippen LogP contribution in [0.3, 0.4) is 0 Å². The molecule has 0 spiro atoms. The molecule has 0 bridgehead atoms. The van der Waals surface area contributed by atoms with Gasteiger partial charge in [0.05, 0.1) is 4.90 Å². The summed E-state index contributed by atoms with van der Waals surface area (Å²) < 4.78 is 34.1. The van der Waals surface area contributed by atoms with Crippen LogP contribution in [0.4, 0.5) is 5.88 Å². The van der Waals surface area contributed by atoms with Gasteiger partial charge in [-0.05, 0) is 30.7 Å². The van der Waals surface area contributed by atoms with E-state index in [1.165, 1.54) is 12.1 Å². The molecule has 1 aromatic heterocycles. The molecule has 1 heterocycles. The first-order chi connectivity index (χ1) is 14.0. The number of anilines is 1. The lowest BCUT2D eigenvalue weighted by Crippen LogP contribution is -2.12. The van der Waals surface area contributed by atoms with Crippen molar-refractivity contribution in [2.24, 2.45) is 0 Å². The highest BCUT2D eigenvalue weighted by Crippen LogP contribution is 2.31. The number of oxazole rings is 1. The summed E-state index contributed by atoms with van der Waals surface area (Å²) in [5.41, 5.74) is 3.34. The quantitative estimate of drug-likeness (QED) is 0.489. The Morgan fingerprint density at radius 3 is 2.28 bits per heavy atom. The maximum atomic E-state index is 12.8. The predicted molar refractivity (Wildman–Crippen MR) is 113 cm³/mol. The monoisotopic (exact) mass is 404 g/mol. The highest BCUT2D eigenvalue weighted by Gasteiger charge is 2.22. The summed E-state index contributed by atoms with van der Waals surface area (Å²) in [4.78, 5) is 4.76. The molecule has 1 N–H and O–H groups in total. The van der Waals surface area contributed by atoms with Gasteiger partial charge in [0.2, 0.25) is 11.8 Å². The van der Waals surface area contributed by atoms with Crippen molar-refractivity contribution in [3.63, 3.8) is 0 Å². The lowest BCUT2D eigenvalue weighted by Gasteiger charge is -2.07. The molecule has 0 aliphatic carbocycles. The zero-order valence-corrected chi connectivity index (χ0v) is 16.7. The standard InChI is InChI=1S/C23H20N2O3S/c1-17-9-8-12-19(15-17)22-23(25-29(26,27)20-13-6-3-7-14-20)28-21(24-22)16-18-10-4-2-5-11-18/h2-15,25H,16H2,1H3. The van der Waals surface area contributed by atoms with Crippen LogP contribution >= 0.6 is 0 Å². The van der Waals surface area contributed by atoms with Gasteiger partial charge >= 0.3 is 0 Å². The van der Waals surface area contributed by atoms with E-state index >= 15 is 0 Å². The number of aryl methyl sites for hydroxylation is 1. The van der Waals surface area contributed by atoms with Gasteiger partial charge in [-0.1, -0.05) is 72.3 Å². The molecule has 0 atom stereocenters. The molecule has 0 unspecified atom stereocenters. The fraction of sp³-hybridized carbons (Fsp3) is 0.0870. The van der Waals surface area contributed by atoms with Gasteiger partial charge in [-0.25, -0.2) is 18.1 Å². The van der Waals surface area contributed by atoms with Gasteiger partial charge in [-0.15, -0.1) is 0 Å². The Morgan fingerprint density at radius 1 is 0.897 bits per heavy atom. The molecular weight excluding hydrogens is 384 g/mol. The Bertz CT molecular complexity index is 1220. The van der Waals surface area contributed by atoms with Crippen LogP contribution < -0.4 is 4.72 Å². The van der Waals surface area contributed by atoms with Gasteiger partial charge < -0.3 is 4.42 Å². The van der Waals surface area contributed by atoms with E-state index in [-0.39, 0.29) is 10.8 Å². The van der Waals surface area contributed by atoms with Crippen molar-refractivity contribution in [2.75, 3.05) is 4.72 Å². The van der Waals surface area contributed by atoms with Crippen molar-refractivity contribution in [1.82, 2.24) is 4.98 Å². The Balaban J connectivity index is 1.75. The van der Waals surface area contributed by atoms with Gasteiger partial charge in [-0.3, -0.25) is 0 Å². The highest BCUT2D eigenvalue weighted by atomic mass is 32.2. The Labute approximate surface area is 170 Å². The van der Waals surface area contributed by atoms with Gasteiger partial charge in [0.25, 0.3) is 10.0 Å². The number of nitrogens with one attached hydrogen (secondary N) is 1. The summed E-state index contributed by atoms with van der Waals surface area (Å²) >= 11 is 0. The first-order valence-corrected chi connectivity index (χ1v) is 10.7. The van der Waals surface area contributed by atoms with Crippen molar-refractivity contribution in [3.05, 3.63) is 102 Å². The second-order valence-electron chi connectivity index (χ2n) is 6.74. The molecule has 0 fully saturated rings. The Hall–Kier alpha value is -3.38. The maximum Gasteiger partial charge on any atom is 0.264 e. The number of sulfonamides is 1. The van der Waals surface area contributed by atoms with E-state index < -0.39 is 10.0 Å².